The van der Waals surface area contributed by atoms with Crippen LogP contribution in [0.5, 0.6) is 0 Å². The fraction of sp³-hybridized carbons (Fsp3) is 0.750. The zero-order valence-corrected chi connectivity index (χ0v) is 12.7. The first-order chi connectivity index (χ1) is 7.52. The molecule has 1 aliphatic carbocycles. The number of nitrogens with two attached hydrogens (primary N) is 1. The first-order valence-electron chi connectivity index (χ1n) is 5.97. The minimum Gasteiger partial charge on any atom is -0.328 e. The predicted octanol–water partition coefficient (Wildman–Crippen LogP) is 2.37. The molecule has 0 bridgehead atoms. The number of hydrogen-bond donors (Lipinski definition) is 1. The maximum absolute atomic E-state index is 5.53. The smallest absolute Gasteiger partial charge is 0.00388 e. The molecule has 0 aliphatic heterocycles. The van der Waals surface area contributed by atoms with Crippen LogP contribution in [0.25, 0.3) is 0 Å². The normalized spacial score (nSPS) is 16.4. The molecule has 0 aromatic carbocycles. The maximum Gasteiger partial charge on any atom is 0.00388 e. The van der Waals surface area contributed by atoms with Gasteiger partial charge in [0.05, 0.1) is 0 Å². The molecule has 0 spiro atoms. The summed E-state index contributed by atoms with van der Waals surface area (Å²) in [6.45, 7) is 4.37. The summed E-state index contributed by atoms with van der Waals surface area (Å²) in [5.74, 6) is 0. The number of imidazole rings is 1. The summed E-state index contributed by atoms with van der Waals surface area (Å²) in [7, 11) is 2.06. The molecule has 1 saturated carbocycles. The Balaban J connectivity index is 0.000000181. The molecule has 1 fully saturated rings. The van der Waals surface area contributed by atoms with Crippen molar-refractivity contribution in [1.82, 2.24) is 9.13 Å². The van der Waals surface area contributed by atoms with Crippen LogP contribution < -0.4 is 5.73 Å². The van der Waals surface area contributed by atoms with Crippen molar-refractivity contribution < 1.29 is 19.4 Å². The number of aromatic nitrogens is 2. The molecule has 0 atom stereocenters. The van der Waals surface area contributed by atoms with Gasteiger partial charge in [-0.15, -0.1) is 0 Å². The second-order valence-electron chi connectivity index (χ2n) is 4.70. The molecule has 0 radical (unpaired) electrons. The van der Waals surface area contributed by atoms with E-state index in [4.69, 9.17) is 5.73 Å². The summed E-state index contributed by atoms with van der Waals surface area (Å²) in [6, 6.07) is 1.11. The SMILES string of the molecule is CC(C)n1ccn(C)[c]1=[Pt].NC1CCCC1. The van der Waals surface area contributed by atoms with E-state index >= 15 is 0 Å². The van der Waals surface area contributed by atoms with Crippen molar-refractivity contribution in [1.29, 1.82) is 0 Å². The fourth-order valence-corrected chi connectivity index (χ4v) is 2.72. The molecule has 16 heavy (non-hydrogen) atoms. The van der Waals surface area contributed by atoms with Gasteiger partial charge in [0, 0.05) is 6.04 Å². The van der Waals surface area contributed by atoms with E-state index in [-0.39, 0.29) is 0 Å². The summed E-state index contributed by atoms with van der Waals surface area (Å²) in [5, 5.41) is 0. The van der Waals surface area contributed by atoms with E-state index in [2.05, 4.69) is 61.8 Å². The third kappa shape index (κ3) is 4.03. The summed E-state index contributed by atoms with van der Waals surface area (Å²) < 4.78 is 5.62. The quantitative estimate of drug-likeness (QED) is 0.767. The van der Waals surface area contributed by atoms with Gasteiger partial charge in [-0.1, -0.05) is 12.8 Å². The van der Waals surface area contributed by atoms with Crippen LogP contribution in [0.1, 0.15) is 45.6 Å². The average molecular weight is 404 g/mol. The van der Waals surface area contributed by atoms with Crippen LogP contribution in [0, 0.1) is 3.80 Å². The Morgan fingerprint density at radius 2 is 1.88 bits per heavy atom. The molecule has 4 heteroatoms. The van der Waals surface area contributed by atoms with E-state index < -0.39 is 0 Å². The molecule has 0 saturated heterocycles. The van der Waals surface area contributed by atoms with Crippen molar-refractivity contribution in [3.63, 3.8) is 0 Å². The standard InChI is InChI=1S/C7H12N2.C5H11N.Pt/c1-7(2)9-5-4-8(3)6-9;6-5-3-1-2-4-5;/h4-5,7H,1-3H3;5H,1-4,6H2;. The average Bonchev–Trinajstić information content (AvgIpc) is 2.79. The zero-order valence-electron chi connectivity index (χ0n) is 10.4. The van der Waals surface area contributed by atoms with Crippen molar-refractivity contribution in [2.45, 2.75) is 51.6 Å². The Morgan fingerprint density at radius 1 is 1.31 bits per heavy atom. The maximum atomic E-state index is 5.53. The zero-order chi connectivity index (χ0) is 12.1. The molecule has 0 amide bonds. The fourth-order valence-electron chi connectivity index (χ4n) is 1.79. The Labute approximate surface area is 109 Å². The van der Waals surface area contributed by atoms with Crippen LogP contribution in [-0.4, -0.2) is 15.2 Å². The van der Waals surface area contributed by atoms with Crippen molar-refractivity contribution >= 4 is 0 Å². The van der Waals surface area contributed by atoms with E-state index in [0.717, 1.165) is 0 Å². The number of hydrogen-bond acceptors (Lipinski definition) is 1. The van der Waals surface area contributed by atoms with Crippen molar-refractivity contribution in [3.05, 3.63) is 16.2 Å². The van der Waals surface area contributed by atoms with Gasteiger partial charge in [0.15, 0.2) is 0 Å². The molecular formula is C12H23N3Pt. The van der Waals surface area contributed by atoms with Gasteiger partial charge >= 0.3 is 71.6 Å². The number of nitrogens with zero attached hydrogens (tertiary/aromatic N) is 2. The summed E-state index contributed by atoms with van der Waals surface area (Å²) in [5.41, 5.74) is 5.53. The molecule has 0 unspecified atom stereocenters. The Kier molecular flexibility index (Phi) is 5.71. The van der Waals surface area contributed by atoms with Crippen molar-refractivity contribution in [3.8, 4) is 0 Å². The largest absolute Gasteiger partial charge is 0.328 e. The number of rotatable bonds is 1. The van der Waals surface area contributed by atoms with Crippen LogP contribution in [0.2, 0.25) is 0 Å². The van der Waals surface area contributed by atoms with Gasteiger partial charge in [0.1, 0.15) is 0 Å². The Morgan fingerprint density at radius 3 is 2.06 bits per heavy atom. The van der Waals surface area contributed by atoms with Crippen LogP contribution in [0.15, 0.2) is 12.4 Å². The van der Waals surface area contributed by atoms with Crippen molar-refractivity contribution in [2.75, 3.05) is 0 Å². The summed E-state index contributed by atoms with van der Waals surface area (Å²) in [6.07, 6.45) is 9.43. The van der Waals surface area contributed by atoms with Crippen LogP contribution >= 0.6 is 0 Å². The summed E-state index contributed by atoms with van der Waals surface area (Å²) >= 11 is 2.33. The molecule has 96 valence electrons. The van der Waals surface area contributed by atoms with E-state index in [1.54, 1.807) is 0 Å². The van der Waals surface area contributed by atoms with E-state index in [1.165, 1.54) is 29.5 Å². The summed E-state index contributed by atoms with van der Waals surface area (Å²) in [4.78, 5) is 0. The second kappa shape index (κ2) is 6.56. The number of aryl methyl sites for hydroxylation is 1. The third-order valence-electron chi connectivity index (χ3n) is 2.87. The van der Waals surface area contributed by atoms with Gasteiger partial charge in [-0.05, 0) is 12.8 Å². The van der Waals surface area contributed by atoms with Gasteiger partial charge < -0.3 is 5.73 Å². The molecule has 1 heterocycles. The topological polar surface area (TPSA) is 35.9 Å². The first kappa shape index (κ1) is 13.9. The second-order valence-corrected chi connectivity index (χ2v) is 5.71. The van der Waals surface area contributed by atoms with Crippen LogP contribution in [0.4, 0.5) is 0 Å². The van der Waals surface area contributed by atoms with E-state index in [9.17, 15) is 0 Å². The Hall–Kier alpha value is -0.142. The van der Waals surface area contributed by atoms with Crippen LogP contribution in [-0.2, 0) is 26.4 Å². The van der Waals surface area contributed by atoms with Crippen molar-refractivity contribution in [2.24, 2.45) is 12.8 Å². The molecule has 3 nitrogen and oxygen atoms in total. The molecule has 1 aromatic rings. The first-order valence-corrected chi connectivity index (χ1v) is 7.10. The Bertz CT molecular complexity index is 359. The van der Waals surface area contributed by atoms with Gasteiger partial charge in [-0.25, -0.2) is 0 Å². The van der Waals surface area contributed by atoms with Gasteiger partial charge in [-0.3, -0.25) is 0 Å². The molecular weight excluding hydrogens is 381 g/mol. The van der Waals surface area contributed by atoms with Crippen LogP contribution in [0.3, 0.4) is 0 Å². The van der Waals surface area contributed by atoms with Gasteiger partial charge in [0.25, 0.3) is 0 Å². The molecule has 1 aromatic heterocycles. The molecule has 1 aliphatic rings. The minimum atomic E-state index is 0.546. The van der Waals surface area contributed by atoms with E-state index in [0.29, 0.717) is 12.1 Å². The molecule has 2 rings (SSSR count). The van der Waals surface area contributed by atoms with Gasteiger partial charge in [0.2, 0.25) is 0 Å². The van der Waals surface area contributed by atoms with Gasteiger partial charge in [-0.2, -0.15) is 0 Å². The molecule has 2 N–H and O–H groups in total. The van der Waals surface area contributed by atoms with E-state index in [1.807, 2.05) is 0 Å². The monoisotopic (exact) mass is 404 g/mol. The predicted molar refractivity (Wildman–Crippen MR) is 63.5 cm³/mol. The minimum absolute atomic E-state index is 0.546. The third-order valence-corrected chi connectivity index (χ3v) is 4.26.